The summed E-state index contributed by atoms with van der Waals surface area (Å²) in [5, 5.41) is 0. The van der Waals surface area contributed by atoms with Gasteiger partial charge in [-0.1, -0.05) is 24.3 Å². The zero-order chi connectivity index (χ0) is 17.3. The minimum Gasteiger partial charge on any atom is -0.348 e. The first kappa shape index (κ1) is 17.3. The molecule has 1 aliphatic carbocycles. The number of ether oxygens (including phenoxy) is 2. The fraction of sp³-hybridized carbons (Fsp3) is 0.500. The van der Waals surface area contributed by atoms with Gasteiger partial charge < -0.3 is 9.47 Å². The van der Waals surface area contributed by atoms with Gasteiger partial charge in [0.05, 0.1) is 22.9 Å². The summed E-state index contributed by atoms with van der Waals surface area (Å²) in [5.41, 5.74) is 0. The molecule has 2 aliphatic rings. The van der Waals surface area contributed by atoms with Crippen LogP contribution in [0.2, 0.25) is 0 Å². The maximum absolute atomic E-state index is 13.3. The maximum atomic E-state index is 13.3. The quantitative estimate of drug-likeness (QED) is 0.816. The lowest BCUT2D eigenvalue weighted by Gasteiger charge is -2.35. The van der Waals surface area contributed by atoms with Crippen LogP contribution in [0.25, 0.3) is 0 Å². The number of allylic oxidation sites excluding steroid dienone is 1. The van der Waals surface area contributed by atoms with Crippen molar-refractivity contribution in [3.8, 4) is 0 Å². The first-order valence-corrected chi connectivity index (χ1v) is 9.65. The van der Waals surface area contributed by atoms with E-state index in [-0.39, 0.29) is 23.5 Å². The van der Waals surface area contributed by atoms with Gasteiger partial charge in [0.15, 0.2) is 21.4 Å². The van der Waals surface area contributed by atoms with Crippen LogP contribution in [0, 0.1) is 0 Å². The van der Waals surface area contributed by atoms with Crippen LogP contribution in [0.15, 0.2) is 47.4 Å². The number of rotatable bonds is 5. The second-order valence-corrected chi connectivity index (χ2v) is 8.80. The molecule has 1 heterocycles. The van der Waals surface area contributed by atoms with Crippen molar-refractivity contribution < 1.29 is 22.7 Å². The zero-order valence-electron chi connectivity index (χ0n) is 13.7. The van der Waals surface area contributed by atoms with Crippen molar-refractivity contribution in [3.63, 3.8) is 0 Å². The summed E-state index contributed by atoms with van der Waals surface area (Å²) in [6.45, 7) is 2.87. The molecule has 0 radical (unpaired) electrons. The highest BCUT2D eigenvalue weighted by atomic mass is 32.2. The number of ketones is 1. The van der Waals surface area contributed by atoms with Gasteiger partial charge in [-0.25, -0.2) is 8.42 Å². The summed E-state index contributed by atoms with van der Waals surface area (Å²) in [5.74, 6) is -0.789. The molecule has 130 valence electrons. The molecule has 5 nitrogen and oxygen atoms in total. The molecule has 1 atom stereocenters. The average Bonchev–Trinajstić information content (AvgIpc) is 3.02. The van der Waals surface area contributed by atoms with Gasteiger partial charge in [-0.15, -0.1) is 0 Å². The van der Waals surface area contributed by atoms with Crippen LogP contribution in [-0.2, 0) is 24.1 Å². The van der Waals surface area contributed by atoms with Crippen LogP contribution < -0.4 is 0 Å². The number of hydrogen-bond donors (Lipinski definition) is 0. The molecule has 0 spiro atoms. The Morgan fingerprint density at radius 3 is 2.33 bits per heavy atom. The van der Waals surface area contributed by atoms with E-state index in [1.54, 1.807) is 36.4 Å². The summed E-state index contributed by atoms with van der Waals surface area (Å²) in [6, 6.07) is 8.41. The van der Waals surface area contributed by atoms with Crippen LogP contribution in [-0.4, -0.2) is 37.9 Å². The highest BCUT2D eigenvalue weighted by Gasteiger charge is 2.46. The topological polar surface area (TPSA) is 69.7 Å². The van der Waals surface area contributed by atoms with E-state index in [0.717, 1.165) is 0 Å². The van der Waals surface area contributed by atoms with Crippen LogP contribution in [0.3, 0.4) is 0 Å². The van der Waals surface area contributed by atoms with Crippen molar-refractivity contribution in [2.75, 3.05) is 13.2 Å². The number of carbonyl (C=O) groups is 1. The second kappa shape index (κ2) is 6.43. The predicted octanol–water partition coefficient (Wildman–Crippen LogP) is 2.66. The summed E-state index contributed by atoms with van der Waals surface area (Å²) >= 11 is 0. The van der Waals surface area contributed by atoms with Crippen molar-refractivity contribution in [2.24, 2.45) is 0 Å². The molecule has 0 amide bonds. The molecule has 1 saturated heterocycles. The third kappa shape index (κ3) is 3.18. The zero-order valence-corrected chi connectivity index (χ0v) is 14.6. The molecule has 1 aromatic rings. The molecule has 0 bridgehead atoms. The van der Waals surface area contributed by atoms with Crippen LogP contribution in [0.5, 0.6) is 0 Å². The lowest BCUT2D eigenvalue weighted by atomic mass is 9.89. The van der Waals surface area contributed by atoms with E-state index >= 15 is 0 Å². The smallest absolute Gasteiger partial charge is 0.187 e. The van der Waals surface area contributed by atoms with Crippen LogP contribution >= 0.6 is 0 Å². The molecule has 1 unspecified atom stereocenters. The molecule has 0 aromatic heterocycles. The maximum Gasteiger partial charge on any atom is 0.187 e. The van der Waals surface area contributed by atoms with Gasteiger partial charge in [0.2, 0.25) is 0 Å². The standard InChI is InChI=1S/C18H22O5S/c1-17(22-13-14-23-17)11-12-18(9-7-15(19)8-10-18)24(20,21)16-5-3-2-4-6-16/h2-7,9H,8,10-14H2,1H3. The Morgan fingerprint density at radius 2 is 1.75 bits per heavy atom. The Kier molecular flexibility index (Phi) is 4.64. The predicted molar refractivity (Wildman–Crippen MR) is 89.3 cm³/mol. The van der Waals surface area contributed by atoms with Gasteiger partial charge in [-0.05, 0) is 38.0 Å². The molecule has 6 heteroatoms. The van der Waals surface area contributed by atoms with Crippen molar-refractivity contribution in [3.05, 3.63) is 42.5 Å². The van der Waals surface area contributed by atoms with Gasteiger partial charge in [-0.2, -0.15) is 0 Å². The number of benzene rings is 1. The highest BCUT2D eigenvalue weighted by molar-refractivity contribution is 7.93. The summed E-state index contributed by atoms with van der Waals surface area (Å²) in [4.78, 5) is 11.9. The van der Waals surface area contributed by atoms with Gasteiger partial charge in [0.25, 0.3) is 0 Å². The fourth-order valence-corrected chi connectivity index (χ4v) is 5.26. The van der Waals surface area contributed by atoms with Crippen LogP contribution in [0.4, 0.5) is 0 Å². The molecule has 1 aliphatic heterocycles. The lowest BCUT2D eigenvalue weighted by Crippen LogP contribution is -2.41. The van der Waals surface area contributed by atoms with E-state index in [1.807, 2.05) is 6.92 Å². The van der Waals surface area contributed by atoms with Crippen molar-refractivity contribution in [1.29, 1.82) is 0 Å². The summed E-state index contributed by atoms with van der Waals surface area (Å²) < 4.78 is 36.7. The second-order valence-electron chi connectivity index (χ2n) is 6.51. The SMILES string of the molecule is CC1(CCC2(S(=O)(=O)c3ccccc3)C=CC(=O)CC2)OCCO1. The molecule has 24 heavy (non-hydrogen) atoms. The van der Waals surface area contributed by atoms with Crippen molar-refractivity contribution in [2.45, 2.75) is 48.0 Å². The fourth-order valence-electron chi connectivity index (χ4n) is 3.29. The van der Waals surface area contributed by atoms with Gasteiger partial charge in [0.1, 0.15) is 0 Å². The number of carbonyl (C=O) groups excluding carboxylic acids is 1. The monoisotopic (exact) mass is 350 g/mol. The first-order chi connectivity index (χ1) is 11.4. The Morgan fingerprint density at radius 1 is 1.08 bits per heavy atom. The number of sulfone groups is 1. The van der Waals surface area contributed by atoms with Crippen molar-refractivity contribution in [1.82, 2.24) is 0 Å². The third-order valence-electron chi connectivity index (χ3n) is 4.86. The Bertz CT molecular complexity index is 732. The molecular formula is C18H22O5S. The van der Waals surface area contributed by atoms with Gasteiger partial charge in [-0.3, -0.25) is 4.79 Å². The molecule has 1 aromatic carbocycles. The molecule has 0 saturated carbocycles. The van der Waals surface area contributed by atoms with E-state index < -0.39 is 20.4 Å². The molecule has 3 rings (SSSR count). The van der Waals surface area contributed by atoms with Crippen LogP contribution in [0.1, 0.15) is 32.6 Å². The highest BCUT2D eigenvalue weighted by Crippen LogP contribution is 2.40. The van der Waals surface area contributed by atoms with E-state index in [4.69, 9.17) is 9.47 Å². The van der Waals surface area contributed by atoms with E-state index in [9.17, 15) is 13.2 Å². The molecule has 1 fully saturated rings. The van der Waals surface area contributed by atoms with Gasteiger partial charge >= 0.3 is 0 Å². The average molecular weight is 350 g/mol. The summed E-state index contributed by atoms with van der Waals surface area (Å²) in [6.07, 6.45) is 4.31. The Balaban J connectivity index is 1.94. The van der Waals surface area contributed by atoms with E-state index in [1.165, 1.54) is 6.08 Å². The minimum absolute atomic E-state index is 0.0338. The van der Waals surface area contributed by atoms with Gasteiger partial charge in [0, 0.05) is 12.8 Å². The lowest BCUT2D eigenvalue weighted by molar-refractivity contribution is -0.148. The third-order valence-corrected chi connectivity index (χ3v) is 7.36. The van der Waals surface area contributed by atoms with E-state index in [0.29, 0.717) is 26.1 Å². The van der Waals surface area contributed by atoms with E-state index in [2.05, 4.69) is 0 Å². The molecular weight excluding hydrogens is 328 g/mol. The largest absolute Gasteiger partial charge is 0.348 e. The summed E-state index contributed by atoms with van der Waals surface area (Å²) in [7, 11) is -3.62. The number of hydrogen-bond acceptors (Lipinski definition) is 5. The Hall–Kier alpha value is -1.50. The Labute approximate surface area is 142 Å². The molecule has 0 N–H and O–H groups in total. The van der Waals surface area contributed by atoms with Crippen molar-refractivity contribution >= 4 is 15.6 Å². The minimum atomic E-state index is -3.62. The normalized spacial score (nSPS) is 26.6. The first-order valence-electron chi connectivity index (χ1n) is 8.17.